The molecule has 0 radical (unpaired) electrons. The number of unbranched alkanes of at least 4 members (excludes halogenated alkanes) is 1. The van der Waals surface area contributed by atoms with E-state index >= 15 is 8.78 Å². The number of halogens is 2. The molecule has 0 bridgehead atoms. The summed E-state index contributed by atoms with van der Waals surface area (Å²) in [5.74, 6) is -6.29. The fourth-order valence-corrected chi connectivity index (χ4v) is 13.7. The Balaban J connectivity index is 0.928. The van der Waals surface area contributed by atoms with Crippen LogP contribution in [0.4, 0.5) is 14.5 Å². The third-order valence-corrected chi connectivity index (χ3v) is 17.9. The van der Waals surface area contributed by atoms with Gasteiger partial charge in [0.15, 0.2) is 29.1 Å². The van der Waals surface area contributed by atoms with Crippen LogP contribution in [0.5, 0.6) is 0 Å². The van der Waals surface area contributed by atoms with Crippen molar-refractivity contribution in [3.63, 3.8) is 0 Å². The van der Waals surface area contributed by atoms with Crippen molar-refractivity contribution in [1.82, 2.24) is 16.0 Å². The highest BCUT2D eigenvalue weighted by Gasteiger charge is 2.80. The molecule has 5 aliphatic rings. The first-order valence-electron chi connectivity index (χ1n) is 25.6. The molecule has 3 saturated carbocycles. The van der Waals surface area contributed by atoms with E-state index in [0.29, 0.717) is 11.3 Å². The van der Waals surface area contributed by atoms with Crippen LogP contribution >= 0.6 is 11.8 Å². The van der Waals surface area contributed by atoms with Gasteiger partial charge >= 0.3 is 5.97 Å². The van der Waals surface area contributed by atoms with Crippen LogP contribution in [0, 0.1) is 22.7 Å². The number of aliphatic carboxylic acids is 1. The summed E-state index contributed by atoms with van der Waals surface area (Å²) in [4.78, 5) is 89.4. The zero-order valence-electron chi connectivity index (χ0n) is 43.0. The number of carbonyl (C=O) groups is 7. The topological polar surface area (TPSA) is 247 Å². The summed E-state index contributed by atoms with van der Waals surface area (Å²) in [6, 6.07) is 12.5. The number of hydrogen-bond donors (Lipinski definition) is 7. The zero-order chi connectivity index (χ0) is 54.1. The standard InChI is InChI=1S/C55H70F2N4O12S/c1-8-9-11-29(2)74-42(26-47(67)68)50(71)58-21-19-46(66)59-31(4)48(69)60-32(5)49(70)61-36-13-10-12-35(22-36)30(3)33-14-16-34(17-15-33)51-72-45-25-38-39-24-41(56)40-23-37(63)18-20-52(40,6)54(39,57)43(64)27-53(38,7)55(45,73-51)44(65)28-62/h10,12-18,20,22-23,29-32,38-39,41-43,45,51,62,64H,8-9,11,19,21,24-28H2,1-7H3,(H,58,71)(H,59,66)(H,60,69)(H,61,70)(H,67,68)/t29?,30-,31-,32-,38-,39-,41-,42?,43-,45+,51+,52-,53-,54-,55+/m0/s1. The van der Waals surface area contributed by atoms with Crippen LogP contribution in [-0.2, 0) is 43.0 Å². The number of rotatable bonds is 21. The third kappa shape index (κ3) is 10.6. The van der Waals surface area contributed by atoms with E-state index in [9.17, 15) is 48.9 Å². The molecule has 4 fully saturated rings. The lowest BCUT2D eigenvalue weighted by molar-refractivity contribution is -0.235. The molecule has 2 aromatic carbocycles. The van der Waals surface area contributed by atoms with Gasteiger partial charge in [0.1, 0.15) is 24.9 Å². The number of hydrogen-bond acceptors (Lipinski definition) is 12. The van der Waals surface area contributed by atoms with Crippen molar-refractivity contribution in [3.05, 3.63) is 89.0 Å². The molecule has 2 aromatic rings. The molecule has 1 saturated heterocycles. The van der Waals surface area contributed by atoms with Gasteiger partial charge in [-0.3, -0.25) is 33.6 Å². The summed E-state index contributed by atoms with van der Waals surface area (Å²) in [5.41, 5.74) is -4.26. The van der Waals surface area contributed by atoms with E-state index in [4.69, 9.17) is 9.47 Å². The van der Waals surface area contributed by atoms with Gasteiger partial charge in [-0.05, 0) is 93.4 Å². The lowest BCUT2D eigenvalue weighted by atomic mass is 9.44. The number of ether oxygens (including phenoxy) is 2. The van der Waals surface area contributed by atoms with E-state index in [2.05, 4.69) is 28.2 Å². The summed E-state index contributed by atoms with van der Waals surface area (Å²) in [7, 11) is 0. The van der Waals surface area contributed by atoms with Crippen molar-refractivity contribution < 1.29 is 67.1 Å². The minimum absolute atomic E-state index is 0.00600. The quantitative estimate of drug-likeness (QED) is 0.0749. The number of Topliss-reactive ketones (excluding diaryl/α,β-unsaturated/α-hetero) is 1. The molecule has 7 rings (SSSR count). The maximum absolute atomic E-state index is 17.8. The molecule has 74 heavy (non-hydrogen) atoms. The van der Waals surface area contributed by atoms with Crippen LogP contribution in [0.15, 0.2) is 72.3 Å². The minimum Gasteiger partial charge on any atom is -0.481 e. The summed E-state index contributed by atoms with van der Waals surface area (Å²) in [6.45, 7) is 11.2. The van der Waals surface area contributed by atoms with Crippen molar-refractivity contribution in [3.8, 4) is 0 Å². The van der Waals surface area contributed by atoms with E-state index in [0.717, 1.165) is 36.5 Å². The number of benzene rings is 2. The van der Waals surface area contributed by atoms with Crippen molar-refractivity contribution in [2.45, 2.75) is 164 Å². The molecule has 16 nitrogen and oxygen atoms in total. The number of ketones is 2. The Kier molecular flexibility index (Phi) is 17.1. The molecule has 4 amide bonds. The summed E-state index contributed by atoms with van der Waals surface area (Å²) < 4.78 is 47.0. The van der Waals surface area contributed by atoms with Crippen LogP contribution in [0.3, 0.4) is 0 Å². The molecule has 0 spiro atoms. The molecule has 19 heteroatoms. The second-order valence-electron chi connectivity index (χ2n) is 21.2. The Hall–Kier alpha value is -5.34. The molecule has 7 N–H and O–H groups in total. The lowest BCUT2D eigenvalue weighted by Gasteiger charge is -2.63. The fraction of sp³-hybridized carbons (Fsp3) is 0.582. The summed E-state index contributed by atoms with van der Waals surface area (Å²) in [6.07, 6.45) is 0.189. The van der Waals surface area contributed by atoms with Gasteiger partial charge in [-0.25, -0.2) is 8.78 Å². The van der Waals surface area contributed by atoms with Crippen molar-refractivity contribution >= 4 is 58.6 Å². The highest BCUT2D eigenvalue weighted by Crippen LogP contribution is 2.72. The smallest absolute Gasteiger partial charge is 0.305 e. The minimum atomic E-state index is -2.37. The van der Waals surface area contributed by atoms with E-state index in [1.807, 2.05) is 32.0 Å². The number of thioether (sulfide) groups is 1. The lowest BCUT2D eigenvalue weighted by Crippen LogP contribution is -2.70. The number of allylic oxidation sites excluding steroid dienone is 4. The number of aliphatic hydroxyl groups excluding tert-OH is 2. The molecule has 1 aliphatic heterocycles. The second-order valence-corrected chi connectivity index (χ2v) is 22.9. The first-order chi connectivity index (χ1) is 34.9. The second kappa shape index (κ2) is 22.5. The fourth-order valence-electron chi connectivity index (χ4n) is 12.4. The van der Waals surface area contributed by atoms with Gasteiger partial charge in [0.2, 0.25) is 23.6 Å². The van der Waals surface area contributed by atoms with Crippen molar-refractivity contribution in [2.24, 2.45) is 22.7 Å². The van der Waals surface area contributed by atoms with Crippen molar-refractivity contribution in [2.75, 3.05) is 18.5 Å². The van der Waals surface area contributed by atoms with E-state index in [-0.39, 0.29) is 55.4 Å². The maximum atomic E-state index is 17.8. The Labute approximate surface area is 434 Å². The van der Waals surface area contributed by atoms with Gasteiger partial charge in [0, 0.05) is 52.1 Å². The average Bonchev–Trinajstić information content (AvgIpc) is 3.86. The Bertz CT molecular complexity index is 2560. The Morgan fingerprint density at radius 2 is 1.62 bits per heavy atom. The average molecular weight is 1050 g/mol. The van der Waals surface area contributed by atoms with Gasteiger partial charge in [-0.1, -0.05) is 83.0 Å². The monoisotopic (exact) mass is 1050 g/mol. The van der Waals surface area contributed by atoms with Gasteiger partial charge in [-0.15, -0.1) is 11.8 Å². The largest absolute Gasteiger partial charge is 0.481 e. The molecule has 1 heterocycles. The van der Waals surface area contributed by atoms with Crippen LogP contribution in [0.25, 0.3) is 0 Å². The number of carboxylic acids is 1. The highest BCUT2D eigenvalue weighted by molar-refractivity contribution is 8.01. The molecule has 0 aromatic heterocycles. The predicted molar refractivity (Wildman–Crippen MR) is 272 cm³/mol. The van der Waals surface area contributed by atoms with E-state index in [1.54, 1.807) is 37.3 Å². The van der Waals surface area contributed by atoms with Gasteiger partial charge in [-0.2, -0.15) is 0 Å². The molecular formula is C55H70F2N4O12S. The number of carboxylic acid groups (broad SMARTS) is 1. The first-order valence-corrected chi connectivity index (χ1v) is 26.6. The number of carbonyl (C=O) groups excluding carboxylic acids is 6. The highest BCUT2D eigenvalue weighted by atomic mass is 32.2. The zero-order valence-corrected chi connectivity index (χ0v) is 43.8. The molecule has 15 atom stereocenters. The van der Waals surface area contributed by atoms with Crippen LogP contribution < -0.4 is 21.3 Å². The van der Waals surface area contributed by atoms with Gasteiger partial charge in [0.25, 0.3) is 0 Å². The molecule has 402 valence electrons. The summed E-state index contributed by atoms with van der Waals surface area (Å²) in [5, 5.41) is 41.4. The van der Waals surface area contributed by atoms with Crippen LogP contribution in [0.2, 0.25) is 0 Å². The van der Waals surface area contributed by atoms with E-state index in [1.165, 1.54) is 44.7 Å². The SMILES string of the molecule is CCCCC(C)SC(CC(=O)O)C(=O)NCCC(=O)N[C@@H](C)C(=O)N[C@@H](C)C(=O)Nc1cccc([C@@H](C)c2ccc([C@@H]3O[C@@H]4C[C@H]5[C@@H]6C[C@H](F)C7=CC(=O)C=C[C@]7(C)[C@@]6(F)[C@@H](O)C[C@]5(C)[C@]4(C(=O)CO)O3)cc2)c1. The maximum Gasteiger partial charge on any atom is 0.305 e. The predicted octanol–water partition coefficient (Wildman–Crippen LogP) is 6.09. The number of alkyl halides is 2. The molecule has 4 aliphatic carbocycles. The Morgan fingerprint density at radius 1 is 0.919 bits per heavy atom. The number of aliphatic hydroxyl groups is 2. The van der Waals surface area contributed by atoms with Crippen LogP contribution in [-0.4, -0.2) is 122 Å². The number of anilines is 1. The van der Waals surface area contributed by atoms with Gasteiger partial charge in [0.05, 0.1) is 23.9 Å². The number of nitrogens with one attached hydrogen (secondary N) is 4. The third-order valence-electron chi connectivity index (χ3n) is 16.5. The number of fused-ring (bicyclic) bond motifs is 7. The summed E-state index contributed by atoms with van der Waals surface area (Å²) >= 11 is 1.29. The molecular weight excluding hydrogens is 979 g/mol. The number of amides is 4. The normalized spacial score (nSPS) is 31.7. The van der Waals surface area contributed by atoms with Crippen LogP contribution in [0.1, 0.15) is 129 Å². The molecule has 2 unspecified atom stereocenters. The van der Waals surface area contributed by atoms with Crippen molar-refractivity contribution in [1.29, 1.82) is 0 Å². The van der Waals surface area contributed by atoms with E-state index < -0.39 is 124 Å². The Morgan fingerprint density at radius 3 is 2.30 bits per heavy atom. The van der Waals surface area contributed by atoms with Gasteiger partial charge < -0.3 is 46.1 Å². The first kappa shape index (κ1) is 56.4.